The summed E-state index contributed by atoms with van der Waals surface area (Å²) >= 11 is 11.9. The molecule has 1 N–H and O–H groups in total. The van der Waals surface area contributed by atoms with Crippen molar-refractivity contribution in [2.24, 2.45) is 0 Å². The smallest absolute Gasteiger partial charge is 0.373 e. The monoisotopic (exact) mass is 409 g/mol. The van der Waals surface area contributed by atoms with Gasteiger partial charge in [-0.05, 0) is 41.5 Å². The van der Waals surface area contributed by atoms with E-state index in [1.54, 1.807) is 19.0 Å². The first-order valence-electron chi connectivity index (χ1n) is 7.90. The Hall–Kier alpha value is -1.87. The van der Waals surface area contributed by atoms with E-state index in [1.165, 1.54) is 12.1 Å². The third-order valence-corrected chi connectivity index (χ3v) is 6.56. The van der Waals surface area contributed by atoms with Gasteiger partial charge in [-0.15, -0.1) is 0 Å². The Morgan fingerprint density at radius 3 is 2.58 bits per heavy atom. The van der Waals surface area contributed by atoms with Crippen LogP contribution in [0.1, 0.15) is 33.8 Å². The molecule has 26 heavy (non-hydrogen) atoms. The lowest BCUT2D eigenvalue weighted by Gasteiger charge is -2.03. The summed E-state index contributed by atoms with van der Waals surface area (Å²) in [5, 5.41) is 9.18. The molecule has 0 aromatic heterocycles. The highest BCUT2D eigenvalue weighted by atomic mass is 35.5. The summed E-state index contributed by atoms with van der Waals surface area (Å²) in [6.45, 7) is 0. The van der Waals surface area contributed by atoms with Crippen molar-refractivity contribution in [1.82, 2.24) is 0 Å². The second-order valence-electron chi connectivity index (χ2n) is 6.03. The van der Waals surface area contributed by atoms with Crippen molar-refractivity contribution in [2.45, 2.75) is 18.0 Å². The lowest BCUT2D eigenvalue weighted by atomic mass is 10.1. The summed E-state index contributed by atoms with van der Waals surface area (Å²) in [7, 11) is 0.0814. The van der Waals surface area contributed by atoms with Crippen LogP contribution >= 0.6 is 31.0 Å². The molecule has 1 aliphatic rings. The minimum Gasteiger partial charge on any atom is -0.497 e. The summed E-state index contributed by atoms with van der Waals surface area (Å²) in [4.78, 5) is 11.1. The molecule has 0 heterocycles. The van der Waals surface area contributed by atoms with Crippen LogP contribution in [0.2, 0.25) is 10.0 Å². The molecule has 3 unspecified atom stereocenters. The second-order valence-corrected chi connectivity index (χ2v) is 8.52. The van der Waals surface area contributed by atoms with Gasteiger partial charge in [0.25, 0.3) is 0 Å². The number of hydrogen-bond acceptors (Lipinski definition) is 3. The fourth-order valence-corrected chi connectivity index (χ4v) is 5.02. The zero-order valence-electron chi connectivity index (χ0n) is 13.9. The molecule has 0 amide bonds. The van der Waals surface area contributed by atoms with Crippen molar-refractivity contribution in [3.8, 4) is 5.75 Å². The number of halogens is 2. The predicted octanol–water partition coefficient (Wildman–Crippen LogP) is 6.05. The van der Waals surface area contributed by atoms with E-state index in [2.05, 4.69) is 0 Å². The molecule has 1 fully saturated rings. The maximum Gasteiger partial charge on any atom is 0.373 e. The molecule has 4 nitrogen and oxygen atoms in total. The summed E-state index contributed by atoms with van der Waals surface area (Å²) < 4.78 is 17.8. The number of aromatic carboxylic acids is 1. The van der Waals surface area contributed by atoms with Crippen LogP contribution in [0.3, 0.4) is 0 Å². The molecular weight excluding hydrogens is 394 g/mol. The molecule has 1 aliphatic carbocycles. The Morgan fingerprint density at radius 2 is 1.96 bits per heavy atom. The summed E-state index contributed by atoms with van der Waals surface area (Å²) in [6.07, 6.45) is 2.54. The number of benzene rings is 2. The van der Waals surface area contributed by atoms with Crippen LogP contribution in [-0.2, 0) is 4.57 Å². The maximum atomic E-state index is 12.5. The van der Waals surface area contributed by atoms with E-state index in [-0.39, 0.29) is 27.2 Å². The lowest BCUT2D eigenvalue weighted by Crippen LogP contribution is -1.99. The summed E-state index contributed by atoms with van der Waals surface area (Å²) in [5.41, 5.74) is 1.71. The number of carboxylic acid groups (broad SMARTS) is 1. The molecule has 2 aromatic carbocycles. The third kappa shape index (κ3) is 4.09. The van der Waals surface area contributed by atoms with Crippen molar-refractivity contribution in [2.75, 3.05) is 7.11 Å². The molecule has 0 bridgehead atoms. The van der Waals surface area contributed by atoms with Gasteiger partial charge in [-0.3, -0.25) is 0 Å². The van der Waals surface area contributed by atoms with Crippen LogP contribution in [0.25, 0.3) is 6.08 Å². The minimum absolute atomic E-state index is 0.0561. The van der Waals surface area contributed by atoms with E-state index in [0.717, 1.165) is 17.7 Å². The van der Waals surface area contributed by atoms with Crippen LogP contribution in [0.4, 0.5) is 0 Å². The van der Waals surface area contributed by atoms with Crippen molar-refractivity contribution >= 4 is 43.0 Å². The summed E-state index contributed by atoms with van der Waals surface area (Å²) in [5.74, 6) is 1.52. The van der Waals surface area contributed by atoms with Gasteiger partial charge in [0, 0.05) is 12.3 Å². The Kier molecular flexibility index (Phi) is 5.67. The number of rotatable bonds is 6. The van der Waals surface area contributed by atoms with Gasteiger partial charge in [-0.1, -0.05) is 39.9 Å². The standard InChI is InChI=1S/C19H15Cl2O4P/c1-25-13-4-2-3-12(9-13)14-10-17(14)26(24)6-5-11-7-15(20)18(19(22)23)16(21)8-11/h2-9,14,17H,10H2,1H3/p+1/b6-5+. The van der Waals surface area contributed by atoms with Crippen molar-refractivity contribution < 1.29 is 19.2 Å². The molecule has 0 aliphatic heterocycles. The van der Waals surface area contributed by atoms with Crippen LogP contribution in [0.15, 0.2) is 42.2 Å². The topological polar surface area (TPSA) is 63.6 Å². The third-order valence-electron chi connectivity index (χ3n) is 4.30. The van der Waals surface area contributed by atoms with Gasteiger partial charge in [0.1, 0.15) is 5.75 Å². The highest BCUT2D eigenvalue weighted by Gasteiger charge is 2.51. The van der Waals surface area contributed by atoms with Gasteiger partial charge < -0.3 is 9.84 Å². The molecule has 1 saturated carbocycles. The SMILES string of the molecule is COc1cccc(C2CC2[P+](=O)/C=C/c2cc(Cl)c(C(=O)O)c(Cl)c2)c1. The zero-order chi connectivity index (χ0) is 18.8. The number of methoxy groups -OCH3 is 1. The van der Waals surface area contributed by atoms with Crippen molar-refractivity contribution in [1.29, 1.82) is 0 Å². The Morgan fingerprint density at radius 1 is 1.27 bits per heavy atom. The summed E-state index contributed by atoms with van der Waals surface area (Å²) in [6, 6.07) is 10.8. The quantitative estimate of drug-likeness (QED) is 0.589. The van der Waals surface area contributed by atoms with E-state index in [0.29, 0.717) is 5.56 Å². The van der Waals surface area contributed by atoms with Gasteiger partial charge in [0.05, 0.1) is 22.7 Å². The number of hydrogen-bond donors (Lipinski definition) is 1. The van der Waals surface area contributed by atoms with E-state index < -0.39 is 13.8 Å². The van der Waals surface area contributed by atoms with E-state index in [1.807, 2.05) is 24.3 Å². The van der Waals surface area contributed by atoms with Gasteiger partial charge in [-0.25, -0.2) is 4.79 Å². The predicted molar refractivity (Wildman–Crippen MR) is 104 cm³/mol. The highest BCUT2D eigenvalue weighted by molar-refractivity contribution is 7.49. The largest absolute Gasteiger partial charge is 0.497 e. The molecule has 3 atom stereocenters. The Labute approximate surface area is 162 Å². The molecule has 0 radical (unpaired) electrons. The second kappa shape index (κ2) is 7.79. The molecule has 7 heteroatoms. The minimum atomic E-state index is -1.54. The highest BCUT2D eigenvalue weighted by Crippen LogP contribution is 2.56. The first kappa shape index (κ1) is 18.9. The fraction of sp³-hybridized carbons (Fsp3) is 0.211. The molecule has 0 spiro atoms. The van der Waals surface area contributed by atoms with Crippen LogP contribution < -0.4 is 4.74 Å². The number of carbonyl (C=O) groups is 1. The number of carboxylic acids is 1. The van der Waals surface area contributed by atoms with Gasteiger partial charge in [0.2, 0.25) is 0 Å². The van der Waals surface area contributed by atoms with Gasteiger partial charge >= 0.3 is 13.8 Å². The van der Waals surface area contributed by atoms with Gasteiger partial charge in [-0.2, -0.15) is 0 Å². The van der Waals surface area contributed by atoms with E-state index >= 15 is 0 Å². The first-order chi connectivity index (χ1) is 12.4. The van der Waals surface area contributed by atoms with Gasteiger partial charge in [0.15, 0.2) is 11.5 Å². The molecule has 3 rings (SSSR count). The Balaban J connectivity index is 1.70. The maximum absolute atomic E-state index is 12.5. The average Bonchev–Trinajstić information content (AvgIpc) is 3.39. The molecule has 0 saturated heterocycles. The van der Waals surface area contributed by atoms with Crippen LogP contribution in [-0.4, -0.2) is 23.8 Å². The van der Waals surface area contributed by atoms with E-state index in [9.17, 15) is 9.36 Å². The van der Waals surface area contributed by atoms with Crippen LogP contribution in [0, 0.1) is 0 Å². The molecule has 2 aromatic rings. The molecular formula is C19H16Cl2O4P+. The zero-order valence-corrected chi connectivity index (χ0v) is 16.3. The number of ether oxygens (including phenoxy) is 1. The Bertz CT molecular complexity index is 887. The van der Waals surface area contributed by atoms with Crippen molar-refractivity contribution in [3.05, 3.63) is 69.0 Å². The average molecular weight is 410 g/mol. The normalized spacial score (nSPS) is 19.4. The van der Waals surface area contributed by atoms with E-state index in [4.69, 9.17) is 33.0 Å². The van der Waals surface area contributed by atoms with Crippen molar-refractivity contribution in [3.63, 3.8) is 0 Å². The first-order valence-corrected chi connectivity index (χ1v) is 10.1. The fourth-order valence-electron chi connectivity index (χ4n) is 2.86. The van der Waals surface area contributed by atoms with Crippen LogP contribution in [0.5, 0.6) is 5.75 Å². The molecule has 134 valence electrons. The lowest BCUT2D eigenvalue weighted by molar-refractivity contribution is 0.0697.